The van der Waals surface area contributed by atoms with Gasteiger partial charge in [0, 0.05) is 18.5 Å². The van der Waals surface area contributed by atoms with Gasteiger partial charge in [0.05, 0.1) is 27.2 Å². The van der Waals surface area contributed by atoms with Gasteiger partial charge in [0.2, 0.25) is 11.8 Å². The third-order valence-electron chi connectivity index (χ3n) is 7.22. The second kappa shape index (κ2) is 15.9. The molecule has 254 valence electrons. The molecule has 48 heavy (non-hydrogen) atoms. The van der Waals surface area contributed by atoms with Crippen LogP contribution in [-0.4, -0.2) is 49.9 Å². The van der Waals surface area contributed by atoms with Crippen LogP contribution in [0.5, 0.6) is 5.75 Å². The van der Waals surface area contributed by atoms with E-state index in [9.17, 15) is 22.4 Å². The smallest absolute Gasteiger partial charge is 0.264 e. The van der Waals surface area contributed by atoms with Crippen LogP contribution in [0.25, 0.3) is 0 Å². The Bertz CT molecular complexity index is 1820. The summed E-state index contributed by atoms with van der Waals surface area (Å²) in [6.07, 6.45) is 0.137. The second-order valence-corrected chi connectivity index (χ2v) is 14.8. The maximum Gasteiger partial charge on any atom is 0.264 e. The van der Waals surface area contributed by atoms with E-state index in [0.29, 0.717) is 22.9 Å². The maximum absolute atomic E-state index is 14.6. The number of sulfonamides is 1. The molecule has 0 saturated carbocycles. The molecule has 2 amide bonds. The van der Waals surface area contributed by atoms with Gasteiger partial charge in [0.25, 0.3) is 10.0 Å². The van der Waals surface area contributed by atoms with E-state index >= 15 is 0 Å². The fourth-order valence-electron chi connectivity index (χ4n) is 4.98. The number of carbonyl (C=O) groups excluding carboxylic acids is 2. The topological polar surface area (TPSA) is 96.0 Å². The van der Waals surface area contributed by atoms with Crippen molar-refractivity contribution in [1.82, 2.24) is 10.2 Å². The molecule has 1 atom stereocenters. The highest BCUT2D eigenvalue weighted by Crippen LogP contribution is 2.28. The average Bonchev–Trinajstić information content (AvgIpc) is 3.03. The Morgan fingerprint density at radius 1 is 0.875 bits per heavy atom. The van der Waals surface area contributed by atoms with Gasteiger partial charge in [-0.15, -0.1) is 0 Å². The molecule has 0 aliphatic heterocycles. The highest BCUT2D eigenvalue weighted by Gasteiger charge is 2.35. The first-order valence-electron chi connectivity index (χ1n) is 15.3. The third-order valence-corrected chi connectivity index (χ3v) is 9.75. The number of ether oxygens (including phenoxy) is 1. The maximum atomic E-state index is 14.6. The molecule has 0 radical (unpaired) electrons. The van der Waals surface area contributed by atoms with Gasteiger partial charge in [-0.2, -0.15) is 0 Å². The molecule has 0 aliphatic carbocycles. The van der Waals surface area contributed by atoms with Crippen molar-refractivity contribution in [2.45, 2.75) is 57.1 Å². The largest absolute Gasteiger partial charge is 0.494 e. The fraction of sp³-hybridized carbons (Fsp3) is 0.278. The van der Waals surface area contributed by atoms with E-state index in [2.05, 4.69) is 5.32 Å². The second-order valence-electron chi connectivity index (χ2n) is 12.1. The molecular formula is C36H38Cl2FN3O5S. The average molecular weight is 715 g/mol. The van der Waals surface area contributed by atoms with Crippen LogP contribution >= 0.6 is 23.2 Å². The molecule has 1 unspecified atom stereocenters. The van der Waals surface area contributed by atoms with Crippen LogP contribution in [0.1, 0.15) is 38.8 Å². The van der Waals surface area contributed by atoms with E-state index in [-0.39, 0.29) is 28.6 Å². The zero-order chi connectivity index (χ0) is 35.1. The molecule has 0 saturated heterocycles. The molecule has 4 aromatic carbocycles. The number of nitrogens with zero attached hydrogens (tertiary/aromatic N) is 2. The van der Waals surface area contributed by atoms with E-state index in [0.717, 1.165) is 22.0 Å². The van der Waals surface area contributed by atoms with E-state index < -0.39 is 45.8 Å². The van der Waals surface area contributed by atoms with Crippen LogP contribution in [0.3, 0.4) is 0 Å². The van der Waals surface area contributed by atoms with Crippen LogP contribution < -0.4 is 14.4 Å². The number of halogens is 3. The van der Waals surface area contributed by atoms with Crippen molar-refractivity contribution in [3.63, 3.8) is 0 Å². The highest BCUT2D eigenvalue weighted by molar-refractivity contribution is 7.92. The number of carbonyl (C=O) groups is 2. The summed E-state index contributed by atoms with van der Waals surface area (Å²) in [4.78, 5) is 29.8. The van der Waals surface area contributed by atoms with Crippen molar-refractivity contribution in [3.05, 3.63) is 124 Å². The Labute approximate surface area is 291 Å². The van der Waals surface area contributed by atoms with Crippen LogP contribution in [0.2, 0.25) is 10.0 Å². The zero-order valence-electron chi connectivity index (χ0n) is 27.1. The Morgan fingerprint density at radius 2 is 1.52 bits per heavy atom. The summed E-state index contributed by atoms with van der Waals surface area (Å²) in [6, 6.07) is 23.6. The zero-order valence-corrected chi connectivity index (χ0v) is 29.4. The number of benzene rings is 4. The van der Waals surface area contributed by atoms with Gasteiger partial charge in [0.1, 0.15) is 24.2 Å². The summed E-state index contributed by atoms with van der Waals surface area (Å²) >= 11 is 12.5. The predicted molar refractivity (Wildman–Crippen MR) is 187 cm³/mol. The molecule has 0 aromatic heterocycles. The lowest BCUT2D eigenvalue weighted by molar-refractivity contribution is -0.140. The van der Waals surface area contributed by atoms with Crippen molar-refractivity contribution < 1.29 is 27.1 Å². The Hall–Kier alpha value is -4.12. The molecule has 4 rings (SSSR count). The molecule has 1 N–H and O–H groups in total. The van der Waals surface area contributed by atoms with Crippen molar-refractivity contribution in [2.24, 2.45) is 0 Å². The van der Waals surface area contributed by atoms with Crippen LogP contribution in [0.15, 0.2) is 102 Å². The summed E-state index contributed by atoms with van der Waals surface area (Å²) in [7, 11) is -4.38. The minimum absolute atomic E-state index is 0.0619. The van der Waals surface area contributed by atoms with Gasteiger partial charge in [0.15, 0.2) is 0 Å². The van der Waals surface area contributed by atoms with Gasteiger partial charge in [-0.05, 0) is 99.5 Å². The van der Waals surface area contributed by atoms with Gasteiger partial charge in [-0.1, -0.05) is 59.6 Å². The molecule has 4 aromatic rings. The van der Waals surface area contributed by atoms with Crippen molar-refractivity contribution in [2.75, 3.05) is 17.5 Å². The van der Waals surface area contributed by atoms with Gasteiger partial charge in [-0.25, -0.2) is 12.8 Å². The number of hydrogen-bond donors (Lipinski definition) is 1. The molecular weight excluding hydrogens is 676 g/mol. The van der Waals surface area contributed by atoms with Crippen LogP contribution in [-0.2, 0) is 32.6 Å². The first-order valence-corrected chi connectivity index (χ1v) is 17.5. The molecule has 0 heterocycles. The summed E-state index contributed by atoms with van der Waals surface area (Å²) in [5, 5.41) is 3.55. The molecule has 0 bridgehead atoms. The number of hydrogen-bond acceptors (Lipinski definition) is 5. The molecule has 8 nitrogen and oxygen atoms in total. The van der Waals surface area contributed by atoms with Crippen molar-refractivity contribution in [3.8, 4) is 5.75 Å². The van der Waals surface area contributed by atoms with E-state index in [1.165, 1.54) is 41.3 Å². The monoisotopic (exact) mass is 713 g/mol. The predicted octanol–water partition coefficient (Wildman–Crippen LogP) is 7.28. The third kappa shape index (κ3) is 9.71. The molecule has 0 aliphatic rings. The fourth-order valence-corrected chi connectivity index (χ4v) is 6.71. The van der Waals surface area contributed by atoms with Gasteiger partial charge in [-0.3, -0.25) is 13.9 Å². The van der Waals surface area contributed by atoms with Gasteiger partial charge < -0.3 is 15.0 Å². The standard InChI is InChI=1S/C36H38Cl2FN3O5S/c1-5-47-29-16-18-30(19-17-29)48(45,46)42(28-14-12-27(39)13-15-28)24-34(43)41(23-26-11-20-31(37)32(38)21-26)33(35(44)40-36(2,3)4)22-25-9-7-6-8-10-25/h6-21,33H,5,22-24H2,1-4H3,(H,40,44). The van der Waals surface area contributed by atoms with Crippen molar-refractivity contribution >= 4 is 50.7 Å². The number of rotatable bonds is 13. The normalized spacial score (nSPS) is 12.2. The highest BCUT2D eigenvalue weighted by atomic mass is 35.5. The Balaban J connectivity index is 1.82. The molecule has 0 spiro atoms. The lowest BCUT2D eigenvalue weighted by Gasteiger charge is -2.35. The minimum atomic E-state index is -4.38. The SMILES string of the molecule is CCOc1ccc(S(=O)(=O)N(CC(=O)N(Cc2ccc(Cl)c(Cl)c2)C(Cc2ccccc2)C(=O)NC(C)(C)C)c2ccc(F)cc2)cc1. The molecule has 12 heteroatoms. The van der Waals surface area contributed by atoms with Crippen molar-refractivity contribution in [1.29, 1.82) is 0 Å². The minimum Gasteiger partial charge on any atom is -0.494 e. The van der Waals surface area contributed by atoms with Crippen LogP contribution in [0.4, 0.5) is 10.1 Å². The number of anilines is 1. The first kappa shape index (κ1) is 36.7. The van der Waals surface area contributed by atoms with Gasteiger partial charge >= 0.3 is 0 Å². The lowest BCUT2D eigenvalue weighted by Crippen LogP contribution is -2.56. The van der Waals surface area contributed by atoms with E-state index in [4.69, 9.17) is 27.9 Å². The Morgan fingerprint density at radius 3 is 2.10 bits per heavy atom. The quantitative estimate of drug-likeness (QED) is 0.157. The first-order chi connectivity index (χ1) is 22.7. The lowest BCUT2D eigenvalue weighted by atomic mass is 10.0. The van der Waals surface area contributed by atoms with Crippen LogP contribution in [0, 0.1) is 5.82 Å². The number of amides is 2. The summed E-state index contributed by atoms with van der Waals surface area (Å²) in [5.74, 6) is -1.21. The summed E-state index contributed by atoms with van der Waals surface area (Å²) in [5.41, 5.74) is 0.784. The van der Waals surface area contributed by atoms with E-state index in [1.807, 2.05) is 58.0 Å². The number of nitrogens with one attached hydrogen (secondary N) is 1. The Kier molecular flexibility index (Phi) is 12.1. The summed E-state index contributed by atoms with van der Waals surface area (Å²) < 4.78 is 48.7. The molecule has 0 fully saturated rings. The summed E-state index contributed by atoms with van der Waals surface area (Å²) in [6.45, 7) is 6.90. The van der Waals surface area contributed by atoms with E-state index in [1.54, 1.807) is 18.2 Å².